The number of aromatic nitrogens is 2. The van der Waals surface area contributed by atoms with Gasteiger partial charge >= 0.3 is 0 Å². The molecular weight excluding hydrogens is 396 g/mol. The van der Waals surface area contributed by atoms with E-state index in [1.807, 2.05) is 17.2 Å². The summed E-state index contributed by atoms with van der Waals surface area (Å²) in [5.41, 5.74) is 2.43. The SMILES string of the molecule is Cc1ccccc1CN1CC[C@@H](O)[C@]2(CCCN(C(=O)Cn3cccn3)C2)C1.O=CO. The smallest absolute Gasteiger partial charge is 0.290 e. The maximum atomic E-state index is 12.8. The highest BCUT2D eigenvalue weighted by atomic mass is 16.3. The van der Waals surface area contributed by atoms with Crippen LogP contribution in [0.15, 0.2) is 42.7 Å². The molecule has 1 aromatic carbocycles. The van der Waals surface area contributed by atoms with E-state index in [-0.39, 0.29) is 30.4 Å². The molecule has 4 rings (SSSR count). The number of aliphatic hydroxyl groups excluding tert-OH is 1. The first-order valence-corrected chi connectivity index (χ1v) is 10.8. The van der Waals surface area contributed by atoms with Crippen molar-refractivity contribution in [1.82, 2.24) is 19.6 Å². The van der Waals surface area contributed by atoms with Crippen LogP contribution in [0.5, 0.6) is 0 Å². The first-order chi connectivity index (χ1) is 15.0. The Kier molecular flexibility index (Phi) is 7.81. The first kappa shape index (κ1) is 23.0. The van der Waals surface area contributed by atoms with Crippen LogP contribution in [-0.2, 0) is 22.7 Å². The predicted octanol–water partition coefficient (Wildman–Crippen LogP) is 1.77. The fourth-order valence-corrected chi connectivity index (χ4v) is 4.81. The Morgan fingerprint density at radius 2 is 2.03 bits per heavy atom. The number of nitrogens with zero attached hydrogens (tertiary/aromatic N) is 4. The minimum Gasteiger partial charge on any atom is -0.483 e. The van der Waals surface area contributed by atoms with Crippen molar-refractivity contribution in [2.75, 3.05) is 26.2 Å². The zero-order valence-corrected chi connectivity index (χ0v) is 18.1. The number of amides is 1. The van der Waals surface area contributed by atoms with Crippen molar-refractivity contribution in [3.05, 3.63) is 53.9 Å². The van der Waals surface area contributed by atoms with Gasteiger partial charge in [0.05, 0.1) is 6.10 Å². The lowest BCUT2D eigenvalue weighted by molar-refractivity contribution is -0.142. The topological polar surface area (TPSA) is 98.9 Å². The molecular formula is C23H32N4O4. The third-order valence-corrected chi connectivity index (χ3v) is 6.44. The molecule has 31 heavy (non-hydrogen) atoms. The van der Waals surface area contributed by atoms with E-state index >= 15 is 0 Å². The maximum absolute atomic E-state index is 12.8. The third kappa shape index (κ3) is 5.71. The van der Waals surface area contributed by atoms with Gasteiger partial charge < -0.3 is 15.1 Å². The molecule has 8 heteroatoms. The molecule has 8 nitrogen and oxygen atoms in total. The van der Waals surface area contributed by atoms with Crippen LogP contribution in [0.3, 0.4) is 0 Å². The second-order valence-corrected chi connectivity index (χ2v) is 8.53. The molecule has 1 spiro atoms. The molecule has 2 atom stereocenters. The summed E-state index contributed by atoms with van der Waals surface area (Å²) >= 11 is 0. The number of carbonyl (C=O) groups is 2. The molecule has 1 amide bonds. The predicted molar refractivity (Wildman–Crippen MR) is 116 cm³/mol. The van der Waals surface area contributed by atoms with E-state index < -0.39 is 0 Å². The summed E-state index contributed by atoms with van der Waals surface area (Å²) in [5.74, 6) is 0.0889. The molecule has 2 saturated heterocycles. The number of benzene rings is 1. The third-order valence-electron chi connectivity index (χ3n) is 6.44. The molecule has 0 saturated carbocycles. The molecule has 3 heterocycles. The lowest BCUT2D eigenvalue weighted by atomic mass is 9.71. The molecule has 2 N–H and O–H groups in total. The average Bonchev–Trinajstić information content (AvgIpc) is 3.26. The Balaban J connectivity index is 0.000000858. The Bertz CT molecular complexity index is 857. The minimum atomic E-state index is -0.346. The molecule has 0 radical (unpaired) electrons. The lowest BCUT2D eigenvalue weighted by Crippen LogP contribution is -2.59. The molecule has 0 bridgehead atoms. The van der Waals surface area contributed by atoms with Crippen LogP contribution in [0.2, 0.25) is 0 Å². The summed E-state index contributed by atoms with van der Waals surface area (Å²) < 4.78 is 1.67. The zero-order chi connectivity index (χ0) is 22.3. The van der Waals surface area contributed by atoms with Crippen molar-refractivity contribution in [3.8, 4) is 0 Å². The highest BCUT2D eigenvalue weighted by Gasteiger charge is 2.46. The summed E-state index contributed by atoms with van der Waals surface area (Å²) in [7, 11) is 0. The van der Waals surface area contributed by atoms with Gasteiger partial charge in [0.15, 0.2) is 0 Å². The van der Waals surface area contributed by atoms with Crippen LogP contribution in [0.25, 0.3) is 0 Å². The molecule has 168 valence electrons. The Morgan fingerprint density at radius 1 is 1.26 bits per heavy atom. The quantitative estimate of drug-likeness (QED) is 0.720. The van der Waals surface area contributed by atoms with Crippen molar-refractivity contribution in [2.45, 2.75) is 45.4 Å². The number of hydrogen-bond acceptors (Lipinski definition) is 5. The van der Waals surface area contributed by atoms with E-state index in [4.69, 9.17) is 9.90 Å². The van der Waals surface area contributed by atoms with E-state index in [0.29, 0.717) is 6.54 Å². The largest absolute Gasteiger partial charge is 0.483 e. The number of hydrogen-bond donors (Lipinski definition) is 2. The van der Waals surface area contributed by atoms with E-state index in [0.717, 1.165) is 45.4 Å². The molecule has 2 aliphatic rings. The van der Waals surface area contributed by atoms with Crippen molar-refractivity contribution in [3.63, 3.8) is 0 Å². The normalized spacial score (nSPS) is 23.8. The first-order valence-electron chi connectivity index (χ1n) is 10.8. The van der Waals surface area contributed by atoms with Crippen LogP contribution in [0.1, 0.15) is 30.4 Å². The summed E-state index contributed by atoms with van der Waals surface area (Å²) in [5, 5.41) is 21.9. The summed E-state index contributed by atoms with van der Waals surface area (Å²) in [6.45, 7) is 6.23. The number of carboxylic acid groups (broad SMARTS) is 1. The summed E-state index contributed by atoms with van der Waals surface area (Å²) in [6.07, 6.45) is 5.86. The summed E-state index contributed by atoms with van der Waals surface area (Å²) in [4.78, 5) is 25.5. The van der Waals surface area contributed by atoms with E-state index in [1.54, 1.807) is 10.9 Å². The lowest BCUT2D eigenvalue weighted by Gasteiger charge is -2.51. The van der Waals surface area contributed by atoms with Crippen LogP contribution >= 0.6 is 0 Å². The van der Waals surface area contributed by atoms with Gasteiger partial charge in [0.1, 0.15) is 6.54 Å². The van der Waals surface area contributed by atoms with Crippen LogP contribution in [0, 0.1) is 12.3 Å². The highest BCUT2D eigenvalue weighted by molar-refractivity contribution is 5.76. The monoisotopic (exact) mass is 428 g/mol. The molecule has 1 aromatic heterocycles. The molecule has 0 aliphatic carbocycles. The van der Waals surface area contributed by atoms with Gasteiger partial charge in [-0.05, 0) is 43.4 Å². The van der Waals surface area contributed by atoms with Gasteiger partial charge in [0.25, 0.3) is 6.47 Å². The van der Waals surface area contributed by atoms with Gasteiger partial charge in [-0.25, -0.2) is 0 Å². The average molecular weight is 429 g/mol. The number of likely N-dealkylation sites (tertiary alicyclic amines) is 2. The Hall–Kier alpha value is -2.71. The van der Waals surface area contributed by atoms with Crippen molar-refractivity contribution < 1.29 is 19.8 Å². The van der Waals surface area contributed by atoms with Crippen molar-refractivity contribution in [2.24, 2.45) is 5.41 Å². The number of carbonyl (C=O) groups excluding carboxylic acids is 1. The van der Waals surface area contributed by atoms with Gasteiger partial charge in [0, 0.05) is 50.5 Å². The van der Waals surface area contributed by atoms with Gasteiger partial charge in [-0.2, -0.15) is 5.10 Å². The van der Waals surface area contributed by atoms with E-state index in [9.17, 15) is 9.90 Å². The zero-order valence-electron chi connectivity index (χ0n) is 18.1. The number of piperidine rings is 2. The standard InChI is InChI=1S/C22H30N4O2.CH2O2/c1-18-6-2-3-7-19(18)14-24-13-8-20(27)22(16-24)9-4-11-25(17-22)21(28)15-26-12-5-10-23-26;2-1-3/h2-3,5-7,10,12,20,27H,4,8-9,11,13-17H2,1H3;1H,(H,2,3)/t20-,22-;/m1./s1. The minimum absolute atomic E-state index is 0.0889. The van der Waals surface area contributed by atoms with Crippen molar-refractivity contribution in [1.29, 1.82) is 0 Å². The summed E-state index contributed by atoms with van der Waals surface area (Å²) in [6, 6.07) is 10.3. The molecule has 2 aliphatic heterocycles. The van der Waals surface area contributed by atoms with Crippen molar-refractivity contribution >= 4 is 12.4 Å². The number of aryl methyl sites for hydroxylation is 1. The van der Waals surface area contributed by atoms with Gasteiger partial charge in [-0.15, -0.1) is 0 Å². The second kappa shape index (κ2) is 10.5. The van der Waals surface area contributed by atoms with Gasteiger partial charge in [0.2, 0.25) is 5.91 Å². The van der Waals surface area contributed by atoms with E-state index in [1.165, 1.54) is 11.1 Å². The van der Waals surface area contributed by atoms with Crippen LogP contribution < -0.4 is 0 Å². The maximum Gasteiger partial charge on any atom is 0.290 e. The Labute approximate surface area is 183 Å². The molecule has 2 aromatic rings. The highest BCUT2D eigenvalue weighted by Crippen LogP contribution is 2.39. The number of aliphatic hydroxyl groups is 1. The second-order valence-electron chi connectivity index (χ2n) is 8.53. The number of rotatable bonds is 4. The Morgan fingerprint density at radius 3 is 2.74 bits per heavy atom. The fourth-order valence-electron chi connectivity index (χ4n) is 4.81. The molecule has 0 unspecified atom stereocenters. The van der Waals surface area contributed by atoms with Gasteiger partial charge in [-0.1, -0.05) is 24.3 Å². The van der Waals surface area contributed by atoms with Gasteiger partial charge in [-0.3, -0.25) is 19.2 Å². The van der Waals surface area contributed by atoms with Crippen LogP contribution in [-0.4, -0.2) is 74.5 Å². The molecule has 2 fully saturated rings. The van der Waals surface area contributed by atoms with Crippen LogP contribution in [0.4, 0.5) is 0 Å². The van der Waals surface area contributed by atoms with E-state index in [2.05, 4.69) is 41.2 Å². The fraction of sp³-hybridized carbons (Fsp3) is 0.522.